The van der Waals surface area contributed by atoms with Crippen LogP contribution in [-0.2, 0) is 13.0 Å². The molecule has 0 aliphatic heterocycles. The summed E-state index contributed by atoms with van der Waals surface area (Å²) in [5, 5.41) is 23.4. The maximum atomic E-state index is 15.1. The van der Waals surface area contributed by atoms with Crippen molar-refractivity contribution in [2.24, 2.45) is 5.73 Å². The van der Waals surface area contributed by atoms with Gasteiger partial charge in [0.15, 0.2) is 5.82 Å². The monoisotopic (exact) mass is 602 g/mol. The third kappa shape index (κ3) is 8.38. The molecule has 0 amide bonds. The van der Waals surface area contributed by atoms with Crippen molar-refractivity contribution in [1.29, 1.82) is 10.7 Å². The first-order valence-electron chi connectivity index (χ1n) is 14.2. The molecule has 0 aliphatic rings. The van der Waals surface area contributed by atoms with Crippen LogP contribution >= 0.6 is 11.6 Å². The van der Waals surface area contributed by atoms with Gasteiger partial charge in [-0.15, -0.1) is 6.58 Å². The van der Waals surface area contributed by atoms with Crippen LogP contribution in [0.2, 0.25) is 5.02 Å². The molecule has 0 aliphatic carbocycles. The van der Waals surface area contributed by atoms with Crippen molar-refractivity contribution in [2.75, 3.05) is 6.54 Å². The van der Waals surface area contributed by atoms with Crippen LogP contribution in [0.4, 0.5) is 4.39 Å². The van der Waals surface area contributed by atoms with Crippen LogP contribution in [0.5, 0.6) is 0 Å². The number of aryl methyl sites for hydroxylation is 1. The summed E-state index contributed by atoms with van der Waals surface area (Å²) in [6, 6.07) is 14.7. The van der Waals surface area contributed by atoms with Gasteiger partial charge in [-0.25, -0.2) is 9.18 Å². The van der Waals surface area contributed by atoms with Gasteiger partial charge in [0.25, 0.3) is 0 Å². The van der Waals surface area contributed by atoms with E-state index in [1.54, 1.807) is 31.3 Å². The van der Waals surface area contributed by atoms with E-state index in [-0.39, 0.29) is 17.1 Å². The average Bonchev–Trinajstić information content (AvgIpc) is 3.39. The molecule has 2 aromatic carbocycles. The van der Waals surface area contributed by atoms with E-state index < -0.39 is 11.5 Å². The summed E-state index contributed by atoms with van der Waals surface area (Å²) in [4.78, 5) is 20.2. The van der Waals surface area contributed by atoms with E-state index in [9.17, 15) is 4.79 Å². The van der Waals surface area contributed by atoms with Crippen LogP contribution in [0.25, 0.3) is 28.0 Å². The maximum Gasteiger partial charge on any atom is 0.354 e. The van der Waals surface area contributed by atoms with Crippen molar-refractivity contribution < 1.29 is 4.39 Å². The molecule has 9 nitrogen and oxygen atoms in total. The minimum atomic E-state index is -0.558. The number of benzene rings is 2. The Labute approximate surface area is 255 Å². The molecule has 2 aromatic heterocycles. The highest BCUT2D eigenvalue weighted by Crippen LogP contribution is 2.31. The van der Waals surface area contributed by atoms with Crippen molar-refractivity contribution in [3.05, 3.63) is 93.8 Å². The number of hydrogen-bond acceptors (Lipinski definition) is 6. The number of rotatable bonds is 14. The van der Waals surface area contributed by atoms with Gasteiger partial charge < -0.3 is 21.4 Å². The Morgan fingerprint density at radius 1 is 1.28 bits per heavy atom. The summed E-state index contributed by atoms with van der Waals surface area (Å²) >= 11 is 6.24. The van der Waals surface area contributed by atoms with Gasteiger partial charge >= 0.3 is 5.69 Å². The Morgan fingerprint density at radius 2 is 2.05 bits per heavy atom. The van der Waals surface area contributed by atoms with Crippen molar-refractivity contribution in [3.63, 3.8) is 0 Å². The highest BCUT2D eigenvalue weighted by atomic mass is 35.5. The minimum absolute atomic E-state index is 0.00661. The van der Waals surface area contributed by atoms with Gasteiger partial charge in [-0.3, -0.25) is 9.98 Å². The molecular formula is C32H36ClFN8O. The zero-order valence-electron chi connectivity index (χ0n) is 24.1. The normalized spacial score (nSPS) is 12.5. The molecule has 2 heterocycles. The molecule has 0 radical (unpaired) electrons. The first-order chi connectivity index (χ1) is 20.7. The molecular weight excluding hydrogens is 567 g/mol. The van der Waals surface area contributed by atoms with Crippen molar-refractivity contribution in [3.8, 4) is 23.0 Å². The van der Waals surface area contributed by atoms with Gasteiger partial charge in [0.2, 0.25) is 0 Å². The summed E-state index contributed by atoms with van der Waals surface area (Å²) in [6.07, 6.45) is 6.69. The smallest absolute Gasteiger partial charge is 0.354 e. The van der Waals surface area contributed by atoms with Gasteiger partial charge in [0, 0.05) is 42.3 Å². The van der Waals surface area contributed by atoms with E-state index in [4.69, 9.17) is 28.0 Å². The van der Waals surface area contributed by atoms with Crippen LogP contribution in [0.15, 0.2) is 66.1 Å². The number of nitriles is 1. The lowest BCUT2D eigenvalue weighted by Crippen LogP contribution is -2.31. The lowest BCUT2D eigenvalue weighted by atomic mass is 10.0. The largest absolute Gasteiger partial charge is 0.374 e. The second kappa shape index (κ2) is 14.7. The number of hydrogen-bond donors (Lipinski definition) is 5. The number of H-pyrrole nitrogens is 1. The first-order valence-corrected chi connectivity index (χ1v) is 14.5. The van der Waals surface area contributed by atoms with Crippen LogP contribution in [0, 0.1) is 22.6 Å². The van der Waals surface area contributed by atoms with E-state index >= 15 is 4.39 Å². The molecule has 43 heavy (non-hydrogen) atoms. The lowest BCUT2D eigenvalue weighted by molar-refractivity contribution is 0.551. The molecule has 2 atom stereocenters. The summed E-state index contributed by atoms with van der Waals surface area (Å²) < 4.78 is 16.6. The molecule has 0 fully saturated rings. The standard InChI is InChI=1S/C32H36ClFN8O/c1-3-25(12-14-38-20(2)36)39-18-21-7-9-26(10-8-21)42-19-23-17-29(40-31(23)41-32(42)43)27-15-22(16-28(33)30(27)34)5-4-6-24(37)11-13-35/h3,7-10,15-17,19,24-25,39H,1,4-6,11-12,14,18,37H2,2H3,(H2,36,38)(H,40,41,43)/t24-,25+/m1/s1. The molecule has 4 aromatic rings. The fourth-order valence-electron chi connectivity index (χ4n) is 4.84. The molecule has 0 spiro atoms. The zero-order chi connectivity index (χ0) is 30.9. The van der Waals surface area contributed by atoms with Crippen LogP contribution in [0.3, 0.4) is 0 Å². The van der Waals surface area contributed by atoms with Gasteiger partial charge in [-0.05, 0) is 74.1 Å². The number of fused-ring (bicyclic) bond motifs is 1. The Kier molecular flexibility index (Phi) is 10.8. The molecule has 0 saturated carbocycles. The third-order valence-electron chi connectivity index (χ3n) is 7.19. The highest BCUT2D eigenvalue weighted by molar-refractivity contribution is 6.31. The fraction of sp³-hybridized carbons (Fsp3) is 0.312. The Balaban J connectivity index is 1.50. The Morgan fingerprint density at radius 3 is 2.74 bits per heavy atom. The van der Waals surface area contributed by atoms with E-state index in [0.717, 1.165) is 24.0 Å². The average molecular weight is 603 g/mol. The number of nitrogens with one attached hydrogen (secondary N) is 4. The molecule has 4 rings (SSSR count). The second-order valence-electron chi connectivity index (χ2n) is 10.6. The number of nitrogens with zero attached hydrogens (tertiary/aromatic N) is 3. The van der Waals surface area contributed by atoms with E-state index in [1.807, 2.05) is 30.3 Å². The summed E-state index contributed by atoms with van der Waals surface area (Å²) in [6.45, 7) is 6.90. The number of aromatic amines is 1. The molecule has 11 heteroatoms. The van der Waals surface area contributed by atoms with Gasteiger partial charge in [0.1, 0.15) is 5.65 Å². The minimum Gasteiger partial charge on any atom is -0.374 e. The quantitative estimate of drug-likeness (QED) is 0.0745. The predicted molar refractivity (Wildman–Crippen MR) is 170 cm³/mol. The van der Waals surface area contributed by atoms with E-state index in [1.165, 1.54) is 4.57 Å². The predicted octanol–water partition coefficient (Wildman–Crippen LogP) is 5.36. The Hall–Kier alpha value is -4.30. The molecule has 0 unspecified atom stereocenters. The SMILES string of the molecule is C=C[C@@H](CCNC(C)=N)NCc1ccc(-n2cc3cc(-c4cc(CCC[C@@H](N)CC#N)cc(Cl)c4F)[nH]c3nc2=O)cc1. The molecule has 0 saturated heterocycles. The number of nitrogens with two attached hydrogens (primary N) is 1. The van der Waals surface area contributed by atoms with Crippen LogP contribution in [-0.4, -0.2) is 39.0 Å². The highest BCUT2D eigenvalue weighted by Gasteiger charge is 2.16. The first kappa shape index (κ1) is 31.6. The van der Waals surface area contributed by atoms with Crippen LogP contribution in [0.1, 0.15) is 43.7 Å². The van der Waals surface area contributed by atoms with Gasteiger partial charge in [0.05, 0.1) is 34.7 Å². The van der Waals surface area contributed by atoms with E-state index in [0.29, 0.717) is 66.2 Å². The summed E-state index contributed by atoms with van der Waals surface area (Å²) in [5.74, 6) is -0.123. The van der Waals surface area contributed by atoms with Crippen molar-refractivity contribution in [2.45, 2.75) is 57.7 Å². The lowest BCUT2D eigenvalue weighted by Gasteiger charge is -2.15. The summed E-state index contributed by atoms with van der Waals surface area (Å²) in [7, 11) is 0. The number of aromatic nitrogens is 3. The van der Waals surface area contributed by atoms with Crippen molar-refractivity contribution in [1.82, 2.24) is 25.2 Å². The topological polar surface area (TPSA) is 148 Å². The molecule has 6 N–H and O–H groups in total. The van der Waals surface area contributed by atoms with E-state index in [2.05, 4.69) is 33.2 Å². The fourth-order valence-corrected chi connectivity index (χ4v) is 5.08. The Bertz CT molecular complexity index is 1690. The molecule has 224 valence electrons. The molecule has 0 bridgehead atoms. The van der Waals surface area contributed by atoms with Crippen LogP contribution < -0.4 is 22.1 Å². The number of amidine groups is 1. The van der Waals surface area contributed by atoms with Gasteiger partial charge in [-0.2, -0.15) is 10.2 Å². The maximum absolute atomic E-state index is 15.1. The third-order valence-corrected chi connectivity index (χ3v) is 7.47. The summed E-state index contributed by atoms with van der Waals surface area (Å²) in [5.41, 5.74) is 9.12. The number of halogens is 2. The second-order valence-corrected chi connectivity index (χ2v) is 11.0. The van der Waals surface area contributed by atoms with Gasteiger partial charge in [-0.1, -0.05) is 29.8 Å². The zero-order valence-corrected chi connectivity index (χ0v) is 24.8. The van der Waals surface area contributed by atoms with Crippen molar-refractivity contribution >= 4 is 28.5 Å².